The lowest BCUT2D eigenvalue weighted by Gasteiger charge is -2.30. The highest BCUT2D eigenvalue weighted by molar-refractivity contribution is 6.35. The fourth-order valence-electron chi connectivity index (χ4n) is 2.91. The average Bonchev–Trinajstić information content (AvgIpc) is 2.79. The van der Waals surface area contributed by atoms with Gasteiger partial charge < -0.3 is 9.97 Å². The Morgan fingerprint density at radius 3 is 3.11 bits per heavy atom. The van der Waals surface area contributed by atoms with E-state index < -0.39 is 0 Å². The van der Waals surface area contributed by atoms with Crippen molar-refractivity contribution in [1.82, 2.24) is 14.9 Å². The molecule has 0 radical (unpaired) electrons. The third-order valence-corrected chi connectivity index (χ3v) is 4.14. The Labute approximate surface area is 116 Å². The molecule has 0 amide bonds. The van der Waals surface area contributed by atoms with Crippen molar-refractivity contribution in [2.45, 2.75) is 26.3 Å². The van der Waals surface area contributed by atoms with Crippen molar-refractivity contribution in [2.24, 2.45) is 5.92 Å². The number of pyridine rings is 1. The number of likely N-dealkylation sites (tertiary alicyclic amines) is 1. The van der Waals surface area contributed by atoms with Crippen LogP contribution in [0, 0.1) is 5.92 Å². The number of hydrogen-bond donors (Lipinski definition) is 2. The molecule has 0 spiro atoms. The van der Waals surface area contributed by atoms with Crippen LogP contribution in [0.25, 0.3) is 10.9 Å². The Morgan fingerprint density at radius 1 is 1.53 bits per heavy atom. The van der Waals surface area contributed by atoms with Gasteiger partial charge in [-0.3, -0.25) is 9.69 Å². The van der Waals surface area contributed by atoms with E-state index in [1.807, 2.05) is 6.07 Å². The van der Waals surface area contributed by atoms with Crippen LogP contribution in [0.1, 0.15) is 25.5 Å². The van der Waals surface area contributed by atoms with Crippen LogP contribution in [0.2, 0.25) is 5.02 Å². The van der Waals surface area contributed by atoms with Gasteiger partial charge in [0.1, 0.15) is 5.52 Å². The van der Waals surface area contributed by atoms with Gasteiger partial charge in [-0.1, -0.05) is 18.5 Å². The molecule has 2 aromatic heterocycles. The van der Waals surface area contributed by atoms with Gasteiger partial charge in [0.25, 0.3) is 5.56 Å². The molecule has 0 aromatic carbocycles. The number of aromatic nitrogens is 2. The van der Waals surface area contributed by atoms with Crippen molar-refractivity contribution in [1.29, 1.82) is 0 Å². The zero-order chi connectivity index (χ0) is 13.4. The van der Waals surface area contributed by atoms with Crippen LogP contribution in [0.4, 0.5) is 0 Å². The van der Waals surface area contributed by atoms with Crippen molar-refractivity contribution in [3.63, 3.8) is 0 Å². The third kappa shape index (κ3) is 2.55. The summed E-state index contributed by atoms with van der Waals surface area (Å²) in [5.74, 6) is 0.755. The third-order valence-electron chi connectivity index (χ3n) is 3.82. The minimum Gasteiger partial charge on any atom is -0.353 e. The molecule has 2 aromatic rings. The summed E-state index contributed by atoms with van der Waals surface area (Å²) in [5.41, 5.74) is 1.52. The summed E-state index contributed by atoms with van der Waals surface area (Å²) in [7, 11) is 0. The summed E-state index contributed by atoms with van der Waals surface area (Å²) in [6.07, 6.45) is 4.12. The maximum Gasteiger partial charge on any atom is 0.272 e. The number of nitrogens with zero attached hydrogens (tertiary/aromatic N) is 1. The van der Waals surface area contributed by atoms with E-state index >= 15 is 0 Å². The molecule has 0 aliphatic carbocycles. The lowest BCUT2D eigenvalue weighted by molar-refractivity contribution is 0.175. The lowest BCUT2D eigenvalue weighted by atomic mass is 10.0. The van der Waals surface area contributed by atoms with E-state index in [1.54, 1.807) is 6.20 Å². The predicted molar refractivity (Wildman–Crippen MR) is 77.6 cm³/mol. The number of aromatic amines is 2. The maximum atomic E-state index is 11.7. The highest BCUT2D eigenvalue weighted by atomic mass is 35.5. The van der Waals surface area contributed by atoms with Crippen molar-refractivity contribution >= 4 is 22.5 Å². The molecule has 2 N–H and O–H groups in total. The molecule has 0 unspecified atom stereocenters. The van der Waals surface area contributed by atoms with Crippen LogP contribution in [0.15, 0.2) is 17.1 Å². The molecule has 3 rings (SSSR count). The first-order valence-corrected chi connectivity index (χ1v) is 7.12. The standard InChI is InChI=1S/C14H18ClN3O/c1-9-3-2-4-18(7-9)8-10-5-11-12(15)6-16-14(19)13(11)17-10/h5-6,9,17H,2-4,7-8H2,1H3,(H,16,19)/t9-/m0/s1. The van der Waals surface area contributed by atoms with Crippen LogP contribution >= 0.6 is 11.6 Å². The first kappa shape index (κ1) is 12.8. The molecule has 0 bridgehead atoms. The van der Waals surface area contributed by atoms with Crippen LogP contribution in [0.5, 0.6) is 0 Å². The van der Waals surface area contributed by atoms with Gasteiger partial charge in [0.2, 0.25) is 0 Å². The molecule has 0 saturated carbocycles. The minimum atomic E-state index is -0.113. The number of hydrogen-bond acceptors (Lipinski definition) is 2. The molecular weight excluding hydrogens is 262 g/mol. The topological polar surface area (TPSA) is 51.9 Å². The van der Waals surface area contributed by atoms with Crippen LogP contribution < -0.4 is 5.56 Å². The van der Waals surface area contributed by atoms with Gasteiger partial charge in [-0.15, -0.1) is 0 Å². The molecule has 102 valence electrons. The van der Waals surface area contributed by atoms with Gasteiger partial charge in [-0.2, -0.15) is 0 Å². The van der Waals surface area contributed by atoms with Gasteiger partial charge >= 0.3 is 0 Å². The monoisotopic (exact) mass is 279 g/mol. The molecule has 1 aliphatic heterocycles. The first-order chi connectivity index (χ1) is 9.13. The molecule has 4 nitrogen and oxygen atoms in total. The summed E-state index contributed by atoms with van der Waals surface area (Å²) in [6, 6.07) is 1.99. The smallest absolute Gasteiger partial charge is 0.272 e. The van der Waals surface area contributed by atoms with E-state index in [4.69, 9.17) is 11.6 Å². The van der Waals surface area contributed by atoms with Crippen molar-refractivity contribution in [3.05, 3.63) is 33.3 Å². The van der Waals surface area contributed by atoms with E-state index in [2.05, 4.69) is 21.8 Å². The number of piperidine rings is 1. The average molecular weight is 280 g/mol. The normalized spacial score (nSPS) is 21.1. The second kappa shape index (κ2) is 5.02. The van der Waals surface area contributed by atoms with E-state index in [1.165, 1.54) is 12.8 Å². The zero-order valence-corrected chi connectivity index (χ0v) is 11.8. The van der Waals surface area contributed by atoms with Gasteiger partial charge in [0, 0.05) is 30.4 Å². The number of rotatable bonds is 2. The van der Waals surface area contributed by atoms with E-state index in [-0.39, 0.29) is 5.56 Å². The Hall–Kier alpha value is -1.26. The number of nitrogens with one attached hydrogen (secondary N) is 2. The SMILES string of the molecule is C[C@H]1CCCN(Cc2cc3c(Cl)c[nH]c(=O)c3[nH]2)C1. The summed E-state index contributed by atoms with van der Waals surface area (Å²) < 4.78 is 0. The molecule has 19 heavy (non-hydrogen) atoms. The number of fused-ring (bicyclic) bond motifs is 1. The van der Waals surface area contributed by atoms with E-state index in [0.717, 1.165) is 36.6 Å². The molecule has 1 saturated heterocycles. The summed E-state index contributed by atoms with van der Waals surface area (Å²) in [6.45, 7) is 5.40. The predicted octanol–water partition coefficient (Wildman–Crippen LogP) is 2.74. The molecule has 3 heterocycles. The largest absolute Gasteiger partial charge is 0.353 e. The fourth-order valence-corrected chi connectivity index (χ4v) is 3.12. The van der Waals surface area contributed by atoms with Gasteiger partial charge in [-0.05, 0) is 31.4 Å². The van der Waals surface area contributed by atoms with Crippen molar-refractivity contribution in [3.8, 4) is 0 Å². The summed E-state index contributed by atoms with van der Waals surface area (Å²) in [4.78, 5) is 20.0. The van der Waals surface area contributed by atoms with Crippen molar-refractivity contribution in [2.75, 3.05) is 13.1 Å². The Balaban J connectivity index is 1.87. The van der Waals surface area contributed by atoms with Gasteiger partial charge in [0.05, 0.1) is 5.02 Å². The lowest BCUT2D eigenvalue weighted by Crippen LogP contribution is -2.33. The van der Waals surface area contributed by atoms with Crippen molar-refractivity contribution < 1.29 is 0 Å². The Kier molecular flexibility index (Phi) is 3.37. The second-order valence-electron chi connectivity index (χ2n) is 5.53. The quantitative estimate of drug-likeness (QED) is 0.888. The molecule has 1 atom stereocenters. The van der Waals surface area contributed by atoms with Gasteiger partial charge in [-0.25, -0.2) is 0 Å². The second-order valence-corrected chi connectivity index (χ2v) is 5.94. The Bertz CT molecular complexity index is 646. The summed E-state index contributed by atoms with van der Waals surface area (Å²) >= 11 is 6.10. The van der Waals surface area contributed by atoms with E-state index in [0.29, 0.717) is 10.5 Å². The maximum absolute atomic E-state index is 11.7. The fraction of sp³-hybridized carbons (Fsp3) is 0.500. The highest BCUT2D eigenvalue weighted by Crippen LogP contribution is 2.23. The van der Waals surface area contributed by atoms with Crippen LogP contribution in [-0.4, -0.2) is 28.0 Å². The molecule has 1 fully saturated rings. The zero-order valence-electron chi connectivity index (χ0n) is 11.0. The van der Waals surface area contributed by atoms with Gasteiger partial charge in [0.15, 0.2) is 0 Å². The first-order valence-electron chi connectivity index (χ1n) is 6.74. The van der Waals surface area contributed by atoms with Crippen LogP contribution in [0.3, 0.4) is 0 Å². The highest BCUT2D eigenvalue weighted by Gasteiger charge is 2.17. The van der Waals surface area contributed by atoms with E-state index in [9.17, 15) is 4.79 Å². The van der Waals surface area contributed by atoms with Crippen LogP contribution in [-0.2, 0) is 6.54 Å². The number of H-pyrrole nitrogens is 2. The molecule has 1 aliphatic rings. The molecule has 5 heteroatoms. The molecular formula is C14H18ClN3O. The Morgan fingerprint density at radius 2 is 2.37 bits per heavy atom. The minimum absolute atomic E-state index is 0.113. The summed E-state index contributed by atoms with van der Waals surface area (Å²) in [5, 5.41) is 1.40. The number of halogens is 1.